The number of hydrogen-bond donors (Lipinski definition) is 2. The predicted octanol–water partition coefficient (Wildman–Crippen LogP) is 3.83. The summed E-state index contributed by atoms with van der Waals surface area (Å²) >= 11 is 0. The molecule has 29 heavy (non-hydrogen) atoms. The molecule has 0 saturated carbocycles. The number of hydrogen-bond acceptors (Lipinski definition) is 4. The summed E-state index contributed by atoms with van der Waals surface area (Å²) < 4.78 is 43.8. The van der Waals surface area contributed by atoms with Crippen LogP contribution < -0.4 is 19.5 Å². The van der Waals surface area contributed by atoms with Crippen molar-refractivity contribution in [3.05, 3.63) is 53.2 Å². The van der Waals surface area contributed by atoms with E-state index in [2.05, 4.69) is 10.3 Å². The van der Waals surface area contributed by atoms with Crippen molar-refractivity contribution in [3.63, 3.8) is 0 Å². The average molecular weight is 404 g/mol. The van der Waals surface area contributed by atoms with Crippen molar-refractivity contribution in [1.29, 1.82) is 0 Å². The van der Waals surface area contributed by atoms with Crippen LogP contribution in [0.4, 0.5) is 8.78 Å². The number of nitrogens with one attached hydrogen (secondary N) is 2. The Kier molecular flexibility index (Phi) is 5.91. The summed E-state index contributed by atoms with van der Waals surface area (Å²) in [7, 11) is 4.51. The van der Waals surface area contributed by atoms with Gasteiger partial charge in [0.15, 0.2) is 11.5 Å². The van der Waals surface area contributed by atoms with Crippen LogP contribution >= 0.6 is 0 Å². The second-order valence-corrected chi connectivity index (χ2v) is 6.56. The third-order valence-electron chi connectivity index (χ3n) is 4.63. The number of carbonyl (C=O) groups is 1. The van der Waals surface area contributed by atoms with Crippen LogP contribution in [0.25, 0.3) is 10.9 Å². The van der Waals surface area contributed by atoms with Crippen molar-refractivity contribution in [2.24, 2.45) is 0 Å². The fraction of sp³-hybridized carbons (Fsp3) is 0.286. The molecule has 2 N–H and O–H groups in total. The highest BCUT2D eigenvalue weighted by atomic mass is 19.1. The van der Waals surface area contributed by atoms with Crippen LogP contribution in [0.2, 0.25) is 0 Å². The molecule has 0 aliphatic carbocycles. The zero-order chi connectivity index (χ0) is 21.1. The van der Waals surface area contributed by atoms with Crippen molar-refractivity contribution in [2.45, 2.75) is 19.4 Å². The minimum Gasteiger partial charge on any atom is -0.496 e. The Labute approximate surface area is 166 Å². The molecule has 8 heteroatoms. The third-order valence-corrected chi connectivity index (χ3v) is 4.63. The largest absolute Gasteiger partial charge is 0.496 e. The highest BCUT2D eigenvalue weighted by molar-refractivity contribution is 6.02. The SMILES string of the molecule is COc1cc(OC)c2cc(C(=O)NC(C)Cc3c(F)cccc3F)[nH]c2c1OC. The monoisotopic (exact) mass is 404 g/mol. The fourth-order valence-electron chi connectivity index (χ4n) is 3.25. The van der Waals surface area contributed by atoms with Gasteiger partial charge in [-0.1, -0.05) is 6.07 Å². The number of fused-ring (bicyclic) bond motifs is 1. The molecule has 2 aromatic carbocycles. The lowest BCUT2D eigenvalue weighted by atomic mass is 10.1. The van der Waals surface area contributed by atoms with E-state index in [1.165, 1.54) is 39.5 Å². The van der Waals surface area contributed by atoms with Crippen molar-refractivity contribution in [2.75, 3.05) is 21.3 Å². The van der Waals surface area contributed by atoms with Crippen LogP contribution in [-0.4, -0.2) is 38.3 Å². The number of aromatic amines is 1. The molecule has 6 nitrogen and oxygen atoms in total. The van der Waals surface area contributed by atoms with E-state index >= 15 is 0 Å². The summed E-state index contributed by atoms with van der Waals surface area (Å²) in [6.45, 7) is 1.68. The van der Waals surface area contributed by atoms with Crippen LogP contribution in [0.1, 0.15) is 23.0 Å². The van der Waals surface area contributed by atoms with E-state index in [9.17, 15) is 13.6 Å². The second kappa shape index (κ2) is 8.38. The number of carbonyl (C=O) groups excluding carboxylic acids is 1. The van der Waals surface area contributed by atoms with E-state index in [1.54, 1.807) is 19.1 Å². The summed E-state index contributed by atoms with van der Waals surface area (Å²) in [6.07, 6.45) is 0.0188. The van der Waals surface area contributed by atoms with E-state index in [1.807, 2.05) is 0 Å². The number of methoxy groups -OCH3 is 3. The molecule has 0 bridgehead atoms. The summed E-state index contributed by atoms with van der Waals surface area (Å²) in [6, 6.07) is 6.48. The summed E-state index contributed by atoms with van der Waals surface area (Å²) in [5.74, 6) is -0.308. The molecule has 1 atom stereocenters. The third kappa shape index (κ3) is 3.96. The molecular formula is C21H22F2N2O4. The van der Waals surface area contributed by atoms with Gasteiger partial charge in [0.05, 0.1) is 26.8 Å². The van der Waals surface area contributed by atoms with Gasteiger partial charge in [-0.3, -0.25) is 4.79 Å². The first-order chi connectivity index (χ1) is 13.9. The Hall–Kier alpha value is -3.29. The molecule has 0 radical (unpaired) electrons. The molecule has 3 aromatic rings. The standard InChI is InChI=1S/C21H22F2N2O4/c1-11(8-12-14(22)6-5-7-15(12)23)24-21(26)16-9-13-17(27-2)10-18(28-3)20(29-4)19(13)25-16/h5-7,9-11,25H,8H2,1-4H3,(H,24,26). The van der Waals surface area contributed by atoms with Gasteiger partial charge >= 0.3 is 0 Å². The Balaban J connectivity index is 1.87. The maximum absolute atomic E-state index is 13.9. The first-order valence-corrected chi connectivity index (χ1v) is 8.95. The summed E-state index contributed by atoms with van der Waals surface area (Å²) in [4.78, 5) is 15.7. The Morgan fingerprint density at radius 1 is 1.07 bits per heavy atom. The first-order valence-electron chi connectivity index (χ1n) is 8.95. The molecule has 0 fully saturated rings. The molecule has 1 heterocycles. The zero-order valence-electron chi connectivity index (χ0n) is 16.6. The van der Waals surface area contributed by atoms with Gasteiger partial charge in [-0.15, -0.1) is 0 Å². The number of amides is 1. The molecule has 1 aromatic heterocycles. The second-order valence-electron chi connectivity index (χ2n) is 6.56. The summed E-state index contributed by atoms with van der Waals surface area (Å²) in [5.41, 5.74) is 0.734. The van der Waals surface area contributed by atoms with Crippen LogP contribution in [0.3, 0.4) is 0 Å². The maximum Gasteiger partial charge on any atom is 0.267 e. The van der Waals surface area contributed by atoms with E-state index in [0.717, 1.165) is 0 Å². The fourth-order valence-corrected chi connectivity index (χ4v) is 3.25. The molecular weight excluding hydrogens is 382 g/mol. The molecule has 3 rings (SSSR count). The van der Waals surface area contributed by atoms with E-state index in [0.29, 0.717) is 28.2 Å². The van der Waals surface area contributed by atoms with Gasteiger partial charge in [0.2, 0.25) is 0 Å². The number of aromatic nitrogens is 1. The van der Waals surface area contributed by atoms with Crippen molar-refractivity contribution < 1.29 is 27.8 Å². The molecule has 0 saturated heterocycles. The first kappa shape index (κ1) is 20.4. The smallest absolute Gasteiger partial charge is 0.267 e. The Morgan fingerprint density at radius 3 is 2.31 bits per heavy atom. The highest BCUT2D eigenvalue weighted by Gasteiger charge is 2.21. The minimum atomic E-state index is -0.640. The Bertz CT molecular complexity index is 1030. The highest BCUT2D eigenvalue weighted by Crippen LogP contribution is 2.41. The topological polar surface area (TPSA) is 72.6 Å². The van der Waals surface area contributed by atoms with E-state index in [-0.39, 0.29) is 17.7 Å². The normalized spacial score (nSPS) is 11.9. The van der Waals surface area contributed by atoms with Crippen molar-refractivity contribution in [1.82, 2.24) is 10.3 Å². The van der Waals surface area contributed by atoms with Gasteiger partial charge in [0.1, 0.15) is 23.1 Å². The van der Waals surface area contributed by atoms with Crippen LogP contribution in [-0.2, 0) is 6.42 Å². The molecule has 154 valence electrons. The molecule has 1 amide bonds. The van der Waals surface area contributed by atoms with Crippen molar-refractivity contribution in [3.8, 4) is 17.2 Å². The number of benzene rings is 2. The lowest BCUT2D eigenvalue weighted by Gasteiger charge is -2.14. The number of H-pyrrole nitrogens is 1. The summed E-state index contributed by atoms with van der Waals surface area (Å²) in [5, 5.41) is 3.39. The van der Waals surface area contributed by atoms with E-state index in [4.69, 9.17) is 14.2 Å². The van der Waals surface area contributed by atoms with Crippen LogP contribution in [0.15, 0.2) is 30.3 Å². The number of ether oxygens (including phenoxy) is 3. The minimum absolute atomic E-state index is 0.0188. The molecule has 0 aliphatic rings. The lowest BCUT2D eigenvalue weighted by Crippen LogP contribution is -2.34. The average Bonchev–Trinajstić information content (AvgIpc) is 3.15. The zero-order valence-corrected chi connectivity index (χ0v) is 16.6. The number of halogens is 2. The molecule has 0 aliphatic heterocycles. The number of rotatable bonds is 7. The van der Waals surface area contributed by atoms with Gasteiger partial charge in [-0.25, -0.2) is 8.78 Å². The van der Waals surface area contributed by atoms with Gasteiger partial charge in [0, 0.05) is 23.1 Å². The quantitative estimate of drug-likeness (QED) is 0.628. The van der Waals surface area contributed by atoms with Gasteiger partial charge in [0.25, 0.3) is 5.91 Å². The molecule has 1 unspecified atom stereocenters. The Morgan fingerprint density at radius 2 is 1.72 bits per heavy atom. The maximum atomic E-state index is 13.9. The van der Waals surface area contributed by atoms with Gasteiger partial charge in [-0.2, -0.15) is 0 Å². The molecule has 0 spiro atoms. The van der Waals surface area contributed by atoms with E-state index < -0.39 is 23.6 Å². The lowest BCUT2D eigenvalue weighted by molar-refractivity contribution is 0.0935. The predicted molar refractivity (Wildman–Crippen MR) is 105 cm³/mol. The van der Waals surface area contributed by atoms with Crippen LogP contribution in [0, 0.1) is 11.6 Å². The van der Waals surface area contributed by atoms with Gasteiger partial charge < -0.3 is 24.5 Å². The van der Waals surface area contributed by atoms with Crippen LogP contribution in [0.5, 0.6) is 17.2 Å². The van der Waals surface area contributed by atoms with Crippen molar-refractivity contribution >= 4 is 16.8 Å². The van der Waals surface area contributed by atoms with Gasteiger partial charge in [-0.05, 0) is 31.5 Å².